The highest BCUT2D eigenvalue weighted by Crippen LogP contribution is 2.20. The highest BCUT2D eigenvalue weighted by Gasteiger charge is 2.22. The number of hydrogen-bond donors (Lipinski definition) is 1. The van der Waals surface area contributed by atoms with E-state index in [0.717, 1.165) is 0 Å². The van der Waals surface area contributed by atoms with E-state index in [1.807, 2.05) is 6.26 Å². The molecule has 0 aliphatic rings. The number of halogens is 2. The third kappa shape index (κ3) is 4.60. The molecule has 0 saturated heterocycles. The van der Waals surface area contributed by atoms with E-state index in [2.05, 4.69) is 10.1 Å². The van der Waals surface area contributed by atoms with Crippen molar-refractivity contribution >= 4 is 46.8 Å². The molecule has 19 heavy (non-hydrogen) atoms. The van der Waals surface area contributed by atoms with Crippen molar-refractivity contribution in [3.8, 4) is 0 Å². The van der Waals surface area contributed by atoms with Gasteiger partial charge in [-0.25, -0.2) is 4.79 Å². The fourth-order valence-corrected chi connectivity index (χ4v) is 2.31. The van der Waals surface area contributed by atoms with E-state index < -0.39 is 17.9 Å². The summed E-state index contributed by atoms with van der Waals surface area (Å²) in [5.41, 5.74) is 0.226. The van der Waals surface area contributed by atoms with Crippen LogP contribution in [0.1, 0.15) is 10.4 Å². The number of methoxy groups -OCH3 is 1. The number of amides is 1. The molecule has 1 N–H and O–H groups in total. The molecule has 0 heterocycles. The van der Waals surface area contributed by atoms with Gasteiger partial charge in [0.05, 0.1) is 17.7 Å². The summed E-state index contributed by atoms with van der Waals surface area (Å²) in [5.74, 6) is -0.547. The van der Waals surface area contributed by atoms with Gasteiger partial charge >= 0.3 is 5.97 Å². The zero-order valence-corrected chi connectivity index (χ0v) is 12.7. The maximum Gasteiger partial charge on any atom is 0.329 e. The van der Waals surface area contributed by atoms with Gasteiger partial charge in [-0.2, -0.15) is 11.8 Å². The number of carbonyl (C=O) groups excluding carboxylic acids is 2. The number of thioether (sulfide) groups is 1. The quantitative estimate of drug-likeness (QED) is 0.847. The van der Waals surface area contributed by atoms with Crippen LogP contribution < -0.4 is 5.32 Å². The maximum atomic E-state index is 12.1. The average Bonchev–Trinajstić information content (AvgIpc) is 2.40. The summed E-state index contributed by atoms with van der Waals surface area (Å²) in [6, 6.07) is 3.84. The second kappa shape index (κ2) is 7.62. The topological polar surface area (TPSA) is 55.4 Å². The van der Waals surface area contributed by atoms with Gasteiger partial charge in [0.2, 0.25) is 0 Å². The van der Waals surface area contributed by atoms with Crippen LogP contribution in [-0.2, 0) is 9.53 Å². The largest absolute Gasteiger partial charge is 0.467 e. The van der Waals surface area contributed by atoms with Crippen LogP contribution in [0, 0.1) is 0 Å². The van der Waals surface area contributed by atoms with E-state index in [-0.39, 0.29) is 10.6 Å². The lowest BCUT2D eigenvalue weighted by atomic mass is 10.2. The lowest BCUT2D eigenvalue weighted by Crippen LogP contribution is -2.43. The first-order chi connectivity index (χ1) is 8.99. The van der Waals surface area contributed by atoms with Crippen LogP contribution in [0.25, 0.3) is 0 Å². The number of nitrogens with one attached hydrogen (secondary N) is 1. The van der Waals surface area contributed by atoms with Crippen LogP contribution in [0.3, 0.4) is 0 Å². The van der Waals surface area contributed by atoms with Gasteiger partial charge in [-0.1, -0.05) is 23.2 Å². The summed E-state index contributed by atoms with van der Waals surface area (Å²) in [4.78, 5) is 23.6. The summed E-state index contributed by atoms with van der Waals surface area (Å²) in [5, 5.41) is 3.25. The van der Waals surface area contributed by atoms with Crippen molar-refractivity contribution in [2.75, 3.05) is 19.1 Å². The van der Waals surface area contributed by atoms with Crippen molar-refractivity contribution in [1.82, 2.24) is 5.32 Å². The lowest BCUT2D eigenvalue weighted by molar-refractivity contribution is -0.142. The van der Waals surface area contributed by atoms with E-state index in [4.69, 9.17) is 23.2 Å². The first-order valence-electron chi connectivity index (χ1n) is 5.32. The molecule has 1 aromatic rings. The van der Waals surface area contributed by atoms with E-state index in [0.29, 0.717) is 10.8 Å². The minimum Gasteiger partial charge on any atom is -0.467 e. The SMILES string of the molecule is COC(=O)[C@H](CSC)NC(=O)c1cc(Cl)ccc1Cl. The molecule has 0 saturated carbocycles. The Morgan fingerprint density at radius 2 is 2.11 bits per heavy atom. The minimum absolute atomic E-state index is 0.226. The van der Waals surface area contributed by atoms with E-state index >= 15 is 0 Å². The Kier molecular flexibility index (Phi) is 6.48. The van der Waals surface area contributed by atoms with E-state index in [1.54, 1.807) is 6.07 Å². The molecule has 0 radical (unpaired) electrons. The van der Waals surface area contributed by atoms with Gasteiger partial charge in [0.15, 0.2) is 0 Å². The van der Waals surface area contributed by atoms with Gasteiger partial charge in [-0.05, 0) is 24.5 Å². The fraction of sp³-hybridized carbons (Fsp3) is 0.333. The Hall–Kier alpha value is -0.910. The van der Waals surface area contributed by atoms with Gasteiger partial charge in [-0.15, -0.1) is 0 Å². The summed E-state index contributed by atoms with van der Waals surface area (Å²) in [7, 11) is 1.27. The zero-order chi connectivity index (χ0) is 14.4. The molecule has 0 aliphatic heterocycles. The van der Waals surface area contributed by atoms with Crippen molar-refractivity contribution in [1.29, 1.82) is 0 Å². The third-order valence-corrected chi connectivity index (χ3v) is 3.53. The Bertz CT molecular complexity index is 482. The Morgan fingerprint density at radius 3 is 2.68 bits per heavy atom. The Labute approximate surface area is 125 Å². The average molecular weight is 322 g/mol. The number of hydrogen-bond acceptors (Lipinski definition) is 4. The number of benzene rings is 1. The number of esters is 1. The molecule has 1 atom stereocenters. The molecule has 0 aliphatic carbocycles. The summed E-state index contributed by atoms with van der Waals surface area (Å²) < 4.78 is 4.63. The van der Waals surface area contributed by atoms with Crippen LogP contribution in [0.4, 0.5) is 0 Å². The van der Waals surface area contributed by atoms with Crippen molar-refractivity contribution in [3.05, 3.63) is 33.8 Å². The highest BCUT2D eigenvalue weighted by molar-refractivity contribution is 7.98. The fourth-order valence-electron chi connectivity index (χ4n) is 1.39. The molecule has 7 heteroatoms. The highest BCUT2D eigenvalue weighted by atomic mass is 35.5. The van der Waals surface area contributed by atoms with Crippen LogP contribution in [0.15, 0.2) is 18.2 Å². The molecule has 0 fully saturated rings. The third-order valence-electron chi connectivity index (χ3n) is 2.30. The molecule has 104 valence electrons. The first-order valence-corrected chi connectivity index (χ1v) is 7.47. The Morgan fingerprint density at radius 1 is 1.42 bits per heavy atom. The molecule has 1 aromatic carbocycles. The van der Waals surface area contributed by atoms with Gasteiger partial charge < -0.3 is 10.1 Å². The van der Waals surface area contributed by atoms with Crippen LogP contribution in [0.5, 0.6) is 0 Å². The molecule has 1 rings (SSSR count). The second-order valence-electron chi connectivity index (χ2n) is 3.63. The molecule has 1 amide bonds. The molecule has 0 unspecified atom stereocenters. The molecule has 4 nitrogen and oxygen atoms in total. The first kappa shape index (κ1) is 16.1. The predicted octanol–water partition coefficient (Wildman–Crippen LogP) is 2.63. The smallest absolute Gasteiger partial charge is 0.329 e. The molecule has 0 bridgehead atoms. The van der Waals surface area contributed by atoms with Crippen LogP contribution >= 0.6 is 35.0 Å². The predicted molar refractivity (Wildman–Crippen MR) is 78.1 cm³/mol. The number of rotatable bonds is 5. The standard InChI is InChI=1S/C12H13Cl2NO3S/c1-18-12(17)10(6-19-2)15-11(16)8-5-7(13)3-4-9(8)14/h3-5,10H,6H2,1-2H3,(H,15,16)/t10-/m0/s1. The second-order valence-corrected chi connectivity index (χ2v) is 5.38. The summed E-state index contributed by atoms with van der Waals surface area (Å²) in [6.45, 7) is 0. The van der Waals surface area contributed by atoms with Gasteiger partial charge in [0, 0.05) is 10.8 Å². The molecule has 0 spiro atoms. The van der Waals surface area contributed by atoms with E-state index in [1.165, 1.54) is 31.0 Å². The normalized spacial score (nSPS) is 11.8. The van der Waals surface area contributed by atoms with Gasteiger partial charge in [-0.3, -0.25) is 4.79 Å². The van der Waals surface area contributed by atoms with Gasteiger partial charge in [0.1, 0.15) is 6.04 Å². The zero-order valence-electron chi connectivity index (χ0n) is 10.4. The van der Waals surface area contributed by atoms with Crippen molar-refractivity contribution in [3.63, 3.8) is 0 Å². The van der Waals surface area contributed by atoms with Crippen molar-refractivity contribution in [2.45, 2.75) is 6.04 Å². The lowest BCUT2D eigenvalue weighted by Gasteiger charge is -2.15. The maximum absolute atomic E-state index is 12.1. The Balaban J connectivity index is 2.87. The molecular formula is C12H13Cl2NO3S. The van der Waals surface area contributed by atoms with Gasteiger partial charge in [0.25, 0.3) is 5.91 Å². The summed E-state index contributed by atoms with van der Waals surface area (Å²) in [6.07, 6.45) is 1.83. The van der Waals surface area contributed by atoms with Crippen molar-refractivity contribution < 1.29 is 14.3 Å². The molecule has 0 aromatic heterocycles. The number of ether oxygens (including phenoxy) is 1. The minimum atomic E-state index is -0.720. The summed E-state index contributed by atoms with van der Waals surface area (Å²) >= 11 is 13.2. The van der Waals surface area contributed by atoms with Crippen molar-refractivity contribution in [2.24, 2.45) is 0 Å². The van der Waals surface area contributed by atoms with E-state index in [9.17, 15) is 9.59 Å². The number of carbonyl (C=O) groups is 2. The van der Waals surface area contributed by atoms with Crippen LogP contribution in [0.2, 0.25) is 10.0 Å². The molecular weight excluding hydrogens is 309 g/mol. The van der Waals surface area contributed by atoms with Crippen LogP contribution in [-0.4, -0.2) is 37.0 Å². The monoisotopic (exact) mass is 321 g/mol.